The Balaban J connectivity index is 1.67. The second-order valence-corrected chi connectivity index (χ2v) is 5.25. The van der Waals surface area contributed by atoms with Crippen LogP contribution < -0.4 is 0 Å². The van der Waals surface area contributed by atoms with Gasteiger partial charge in [0, 0.05) is 12.5 Å². The van der Waals surface area contributed by atoms with Crippen LogP contribution in [-0.4, -0.2) is 43.8 Å². The van der Waals surface area contributed by atoms with E-state index in [4.69, 9.17) is 0 Å². The molecule has 3 aliphatic rings. The zero-order valence-electron chi connectivity index (χ0n) is 9.93. The van der Waals surface area contributed by atoms with Gasteiger partial charge in [-0.1, -0.05) is 0 Å². The van der Waals surface area contributed by atoms with Crippen LogP contribution in [0.3, 0.4) is 0 Å². The van der Waals surface area contributed by atoms with E-state index in [0.29, 0.717) is 13.0 Å². The molecule has 1 N–H and O–H groups in total. The second kappa shape index (κ2) is 3.34. The summed E-state index contributed by atoms with van der Waals surface area (Å²) in [6.45, 7) is 0.480. The van der Waals surface area contributed by atoms with E-state index in [-0.39, 0.29) is 24.0 Å². The number of hydrogen-bond acceptors (Lipinski definition) is 3. The molecule has 0 spiro atoms. The Morgan fingerprint density at radius 2 is 2.17 bits per heavy atom. The van der Waals surface area contributed by atoms with Crippen molar-refractivity contribution < 1.29 is 9.59 Å². The Kier molecular flexibility index (Phi) is 1.87. The highest BCUT2D eigenvalue weighted by Gasteiger charge is 2.51. The third-order valence-electron chi connectivity index (χ3n) is 4.31. The maximum absolute atomic E-state index is 12.3. The van der Waals surface area contributed by atoms with E-state index < -0.39 is 0 Å². The van der Waals surface area contributed by atoms with Gasteiger partial charge in [0.15, 0.2) is 0 Å². The lowest BCUT2D eigenvalue weighted by atomic mass is 9.91. The average Bonchev–Trinajstić information content (AvgIpc) is 2.84. The topological polar surface area (TPSA) is 69.3 Å². The molecule has 2 fully saturated rings. The standard InChI is InChI=1S/C12H14N4O2/c17-11-10-4-8-9(14-6-13-8)5-15(10)12(18)16(11)7-2-1-3-7/h6-7,10H,1-5H2,(H,13,14). The fraction of sp³-hybridized carbons (Fsp3) is 0.583. The van der Waals surface area contributed by atoms with Crippen molar-refractivity contribution in [3.05, 3.63) is 17.7 Å². The van der Waals surface area contributed by atoms with Crippen LogP contribution in [0.4, 0.5) is 4.79 Å². The minimum absolute atomic E-state index is 0.0293. The van der Waals surface area contributed by atoms with Crippen molar-refractivity contribution in [2.24, 2.45) is 0 Å². The molecule has 18 heavy (non-hydrogen) atoms. The molecule has 1 aromatic heterocycles. The summed E-state index contributed by atoms with van der Waals surface area (Å²) in [5.74, 6) is -0.0293. The number of urea groups is 1. The van der Waals surface area contributed by atoms with Crippen LogP contribution in [0.25, 0.3) is 0 Å². The Morgan fingerprint density at radius 1 is 1.33 bits per heavy atom. The van der Waals surface area contributed by atoms with Crippen molar-refractivity contribution in [3.63, 3.8) is 0 Å². The van der Waals surface area contributed by atoms with Crippen LogP contribution >= 0.6 is 0 Å². The third kappa shape index (κ3) is 1.15. The summed E-state index contributed by atoms with van der Waals surface area (Å²) in [5, 5.41) is 0. The summed E-state index contributed by atoms with van der Waals surface area (Å²) in [4.78, 5) is 35.1. The molecule has 0 bridgehead atoms. The fourth-order valence-corrected chi connectivity index (χ4v) is 3.03. The summed E-state index contributed by atoms with van der Waals surface area (Å²) in [6.07, 6.45) is 5.22. The van der Waals surface area contributed by atoms with E-state index >= 15 is 0 Å². The number of H-pyrrole nitrogens is 1. The second-order valence-electron chi connectivity index (χ2n) is 5.25. The predicted molar refractivity (Wildman–Crippen MR) is 61.5 cm³/mol. The normalized spacial score (nSPS) is 27.2. The highest BCUT2D eigenvalue weighted by molar-refractivity contribution is 6.05. The highest BCUT2D eigenvalue weighted by atomic mass is 16.2. The number of nitrogens with one attached hydrogen (secondary N) is 1. The molecule has 3 heterocycles. The maximum atomic E-state index is 12.3. The van der Waals surface area contributed by atoms with Gasteiger partial charge in [-0.3, -0.25) is 9.69 Å². The first-order valence-corrected chi connectivity index (χ1v) is 6.40. The number of amides is 3. The molecular formula is C12H14N4O2. The quantitative estimate of drug-likeness (QED) is 0.740. The lowest BCUT2D eigenvalue weighted by molar-refractivity contribution is -0.131. The molecule has 0 aromatic carbocycles. The van der Waals surface area contributed by atoms with E-state index in [1.807, 2.05) is 0 Å². The molecule has 1 saturated carbocycles. The van der Waals surface area contributed by atoms with Crippen molar-refractivity contribution in [1.29, 1.82) is 0 Å². The first kappa shape index (κ1) is 10.1. The number of aromatic amines is 1. The van der Waals surface area contributed by atoms with Gasteiger partial charge >= 0.3 is 6.03 Å². The van der Waals surface area contributed by atoms with Crippen molar-refractivity contribution in [3.8, 4) is 0 Å². The monoisotopic (exact) mass is 246 g/mol. The number of nitrogens with zero attached hydrogens (tertiary/aromatic N) is 3. The number of imide groups is 1. The lowest BCUT2D eigenvalue weighted by Gasteiger charge is -2.32. The minimum Gasteiger partial charge on any atom is -0.347 e. The minimum atomic E-state index is -0.325. The van der Waals surface area contributed by atoms with E-state index in [9.17, 15) is 9.59 Å². The molecule has 1 saturated heterocycles. The molecule has 4 rings (SSSR count). The number of imidazole rings is 1. The van der Waals surface area contributed by atoms with Crippen LogP contribution in [0.2, 0.25) is 0 Å². The van der Waals surface area contributed by atoms with Crippen molar-refractivity contribution in [2.45, 2.75) is 44.3 Å². The van der Waals surface area contributed by atoms with Crippen molar-refractivity contribution in [2.75, 3.05) is 0 Å². The summed E-state index contributed by atoms with van der Waals surface area (Å²) in [5.41, 5.74) is 1.88. The molecule has 1 aromatic rings. The molecule has 94 valence electrons. The molecule has 3 amide bonds. The predicted octanol–water partition coefficient (Wildman–Crippen LogP) is 0.651. The lowest BCUT2D eigenvalue weighted by Crippen LogP contribution is -2.44. The number of hydrogen-bond donors (Lipinski definition) is 1. The van der Waals surface area contributed by atoms with E-state index in [2.05, 4.69) is 9.97 Å². The molecule has 0 radical (unpaired) electrons. The van der Waals surface area contributed by atoms with Crippen molar-refractivity contribution >= 4 is 11.9 Å². The number of carbonyl (C=O) groups is 2. The summed E-state index contributed by atoms with van der Waals surface area (Å²) in [6, 6.07) is -0.300. The highest BCUT2D eigenvalue weighted by Crippen LogP contribution is 2.34. The summed E-state index contributed by atoms with van der Waals surface area (Å²) >= 11 is 0. The van der Waals surface area contributed by atoms with Crippen molar-refractivity contribution in [1.82, 2.24) is 19.8 Å². The summed E-state index contributed by atoms with van der Waals surface area (Å²) in [7, 11) is 0. The number of rotatable bonds is 1. The van der Waals surface area contributed by atoms with Crippen LogP contribution in [0.5, 0.6) is 0 Å². The molecule has 6 nitrogen and oxygen atoms in total. The molecule has 2 aliphatic heterocycles. The van der Waals surface area contributed by atoms with Gasteiger partial charge in [-0.15, -0.1) is 0 Å². The number of carbonyl (C=O) groups excluding carboxylic acids is 2. The van der Waals surface area contributed by atoms with Crippen LogP contribution in [-0.2, 0) is 17.8 Å². The largest absolute Gasteiger partial charge is 0.347 e. The molecule has 6 heteroatoms. The van der Waals surface area contributed by atoms with E-state index in [1.165, 1.54) is 4.90 Å². The zero-order valence-corrected chi connectivity index (χ0v) is 9.93. The number of fused-ring (bicyclic) bond motifs is 2. The third-order valence-corrected chi connectivity index (χ3v) is 4.31. The fourth-order valence-electron chi connectivity index (χ4n) is 3.03. The smallest absolute Gasteiger partial charge is 0.328 e. The van der Waals surface area contributed by atoms with E-state index in [0.717, 1.165) is 30.7 Å². The Labute approximate surface area is 104 Å². The molecule has 1 unspecified atom stereocenters. The SMILES string of the molecule is O=C1C2Cc3nc[nH]c3CN2C(=O)N1C1CCC1. The Morgan fingerprint density at radius 3 is 2.89 bits per heavy atom. The van der Waals surface area contributed by atoms with Gasteiger partial charge in [-0.25, -0.2) is 9.78 Å². The van der Waals surface area contributed by atoms with Crippen LogP contribution in [0.1, 0.15) is 30.7 Å². The summed E-state index contributed by atoms with van der Waals surface area (Å²) < 4.78 is 0. The Bertz CT molecular complexity index is 495. The maximum Gasteiger partial charge on any atom is 0.328 e. The first-order chi connectivity index (χ1) is 8.75. The molecule has 1 aliphatic carbocycles. The van der Waals surface area contributed by atoms with Crippen LogP contribution in [0, 0.1) is 0 Å². The van der Waals surface area contributed by atoms with Crippen LogP contribution in [0.15, 0.2) is 6.33 Å². The molecular weight excluding hydrogens is 232 g/mol. The number of aromatic nitrogens is 2. The van der Waals surface area contributed by atoms with Gasteiger partial charge in [-0.2, -0.15) is 0 Å². The van der Waals surface area contributed by atoms with Gasteiger partial charge in [0.05, 0.1) is 24.3 Å². The first-order valence-electron chi connectivity index (χ1n) is 6.40. The zero-order chi connectivity index (χ0) is 12.3. The molecule has 1 atom stereocenters. The van der Waals surface area contributed by atoms with Gasteiger partial charge in [0.25, 0.3) is 5.91 Å². The average molecular weight is 246 g/mol. The van der Waals surface area contributed by atoms with Gasteiger partial charge in [-0.05, 0) is 19.3 Å². The van der Waals surface area contributed by atoms with Gasteiger partial charge in [0.2, 0.25) is 0 Å². The Hall–Kier alpha value is -1.85. The van der Waals surface area contributed by atoms with E-state index in [1.54, 1.807) is 11.2 Å². The van der Waals surface area contributed by atoms with Gasteiger partial charge < -0.3 is 9.88 Å². The van der Waals surface area contributed by atoms with Gasteiger partial charge in [0.1, 0.15) is 6.04 Å².